The van der Waals surface area contributed by atoms with Crippen molar-refractivity contribution in [3.8, 4) is 28.7 Å². The van der Waals surface area contributed by atoms with Crippen LogP contribution in [0.2, 0.25) is 0 Å². The second-order valence-electron chi connectivity index (χ2n) is 32.8. The van der Waals surface area contributed by atoms with Crippen LogP contribution >= 0.6 is 0 Å². The van der Waals surface area contributed by atoms with E-state index in [0.29, 0.717) is 68.4 Å². The van der Waals surface area contributed by atoms with Crippen molar-refractivity contribution in [2.75, 3.05) is 0 Å². The monoisotopic (exact) mass is 1450 g/mol. The Morgan fingerprint density at radius 3 is 0.945 bits per heavy atom. The van der Waals surface area contributed by atoms with E-state index in [-0.39, 0.29) is 53.8 Å². The number of phenols is 1. The standard InChI is InChI=1S/C100H110N2O7/c1-20-70-32-40-75(41-33-70)63-106-90-52-48-80(95(8,9)10)57-86(90)99(104,87-58-81(96(11,12)13)49-53-91(87)107-64-76-42-34-71(21-2)35-43-76)68(6)101-61-79-56-67(5)84(31-27-30-74-28-25-24-26-29-74)85(94(79)103)62-102-69(7)100(105,88-59-82(97(14,15)16)50-54-92(88)108-65-77-44-36-72(22-3)37-45-77)89-60-83(98(17,18)19)51-55-93(89)109-66-78-46-38-73(23-4)39-47-78/h20-29,31-62,68-69,103-105H,1-4,30,63-66H2,5-19H3/t68-,69-/m1/s1. The van der Waals surface area contributed by atoms with Gasteiger partial charge in [-0.3, -0.25) is 9.98 Å². The Balaban J connectivity index is 1.18. The van der Waals surface area contributed by atoms with Crippen molar-refractivity contribution in [2.24, 2.45) is 9.98 Å². The summed E-state index contributed by atoms with van der Waals surface area (Å²) in [7, 11) is 0. The number of benzene rings is 10. The summed E-state index contributed by atoms with van der Waals surface area (Å²) in [6.45, 7) is 48.3. The summed E-state index contributed by atoms with van der Waals surface area (Å²) >= 11 is 0. The van der Waals surface area contributed by atoms with E-state index in [2.05, 4.69) is 164 Å². The lowest BCUT2D eigenvalue weighted by molar-refractivity contribution is 0.0512. The maximum absolute atomic E-state index is 14.8. The molecule has 0 saturated carbocycles. The summed E-state index contributed by atoms with van der Waals surface area (Å²) in [5.41, 5.74) is 11.4. The van der Waals surface area contributed by atoms with Gasteiger partial charge in [0.15, 0.2) is 0 Å². The van der Waals surface area contributed by atoms with E-state index in [4.69, 9.17) is 28.9 Å². The fraction of sp³-hybridized carbons (Fsp3) is 0.280. The molecular weight excluding hydrogens is 1340 g/mol. The third-order valence-corrected chi connectivity index (χ3v) is 20.6. The lowest BCUT2D eigenvalue weighted by atomic mass is 9.75. The second-order valence-corrected chi connectivity index (χ2v) is 32.8. The lowest BCUT2D eigenvalue weighted by Crippen LogP contribution is -2.39. The van der Waals surface area contributed by atoms with Crippen LogP contribution in [0, 0.1) is 6.92 Å². The Hall–Kier alpha value is -10.8. The van der Waals surface area contributed by atoms with Gasteiger partial charge >= 0.3 is 0 Å². The highest BCUT2D eigenvalue weighted by molar-refractivity contribution is 5.96. The Morgan fingerprint density at radius 1 is 0.367 bits per heavy atom. The molecule has 0 saturated heterocycles. The van der Waals surface area contributed by atoms with Crippen LogP contribution in [0.1, 0.15) is 214 Å². The molecule has 109 heavy (non-hydrogen) atoms. The quantitative estimate of drug-likeness (QED) is 0.0399. The summed E-state index contributed by atoms with van der Waals surface area (Å²) in [6.07, 6.45) is 15.3. The number of nitrogens with zero attached hydrogens (tertiary/aromatic N) is 2. The largest absolute Gasteiger partial charge is 0.507 e. The van der Waals surface area contributed by atoms with Crippen LogP contribution in [0.5, 0.6) is 28.7 Å². The molecule has 0 radical (unpaired) electrons. The average Bonchev–Trinajstić information content (AvgIpc) is 0.738. The molecule has 0 aromatic heterocycles. The van der Waals surface area contributed by atoms with E-state index >= 15 is 0 Å². The predicted octanol–water partition coefficient (Wildman–Crippen LogP) is 23.5. The number of allylic oxidation sites excluding steroid dienone is 1. The van der Waals surface area contributed by atoms with Crippen molar-refractivity contribution in [1.82, 2.24) is 0 Å². The zero-order valence-corrected chi connectivity index (χ0v) is 66.6. The summed E-state index contributed by atoms with van der Waals surface area (Å²) in [4.78, 5) is 10.9. The maximum Gasteiger partial charge on any atom is 0.144 e. The van der Waals surface area contributed by atoms with Crippen LogP contribution in [0.25, 0.3) is 30.4 Å². The first-order chi connectivity index (χ1) is 51.7. The molecule has 2 atom stereocenters. The van der Waals surface area contributed by atoms with Crippen molar-refractivity contribution in [3.05, 3.63) is 355 Å². The number of hydrogen-bond donors (Lipinski definition) is 3. The van der Waals surface area contributed by atoms with Crippen molar-refractivity contribution < 1.29 is 34.3 Å². The number of aliphatic hydroxyl groups is 2. The molecule has 0 aliphatic heterocycles. The van der Waals surface area contributed by atoms with E-state index < -0.39 is 23.3 Å². The molecular formula is C100H110N2O7. The van der Waals surface area contributed by atoms with Crippen LogP contribution in [0.3, 0.4) is 0 Å². The highest BCUT2D eigenvalue weighted by atomic mass is 16.5. The van der Waals surface area contributed by atoms with Gasteiger partial charge in [0.05, 0.1) is 12.1 Å². The van der Waals surface area contributed by atoms with Gasteiger partial charge in [-0.1, -0.05) is 298 Å². The summed E-state index contributed by atoms with van der Waals surface area (Å²) in [6, 6.07) is 66.6. The number of ether oxygens (including phenoxy) is 4. The third-order valence-electron chi connectivity index (χ3n) is 20.6. The molecule has 0 heterocycles. The molecule has 3 N–H and O–H groups in total. The molecule has 10 aromatic rings. The third kappa shape index (κ3) is 19.4. The zero-order valence-electron chi connectivity index (χ0n) is 66.6. The molecule has 9 nitrogen and oxygen atoms in total. The van der Waals surface area contributed by atoms with E-state index in [1.807, 2.05) is 209 Å². The molecule has 0 amide bonds. The highest BCUT2D eigenvalue weighted by Crippen LogP contribution is 2.50. The van der Waals surface area contributed by atoms with Gasteiger partial charge in [-0.2, -0.15) is 0 Å². The first kappa shape index (κ1) is 80.7. The van der Waals surface area contributed by atoms with Gasteiger partial charge in [-0.05, 0) is 187 Å². The van der Waals surface area contributed by atoms with Crippen LogP contribution in [0.15, 0.2) is 249 Å². The fourth-order valence-corrected chi connectivity index (χ4v) is 13.4. The summed E-state index contributed by atoms with van der Waals surface area (Å²) < 4.78 is 27.8. The highest BCUT2D eigenvalue weighted by Gasteiger charge is 2.46. The molecule has 0 aliphatic rings. The minimum absolute atomic E-state index is 0.117. The van der Waals surface area contributed by atoms with Gasteiger partial charge in [0.25, 0.3) is 0 Å². The minimum Gasteiger partial charge on any atom is -0.507 e. The molecule has 0 spiro atoms. The van der Waals surface area contributed by atoms with Crippen LogP contribution in [0.4, 0.5) is 0 Å². The van der Waals surface area contributed by atoms with Gasteiger partial charge in [0.1, 0.15) is 66.4 Å². The van der Waals surface area contributed by atoms with Gasteiger partial charge in [0, 0.05) is 45.8 Å². The normalized spacial score (nSPS) is 13.0. The summed E-state index contributed by atoms with van der Waals surface area (Å²) in [5, 5.41) is 43.0. The molecule has 0 unspecified atom stereocenters. The van der Waals surface area contributed by atoms with Gasteiger partial charge in [0.2, 0.25) is 0 Å². The lowest BCUT2D eigenvalue weighted by Gasteiger charge is -2.37. The Bertz CT molecular complexity index is 4700. The van der Waals surface area contributed by atoms with E-state index in [1.54, 1.807) is 12.4 Å². The van der Waals surface area contributed by atoms with Crippen LogP contribution in [-0.2, 0) is 65.7 Å². The maximum atomic E-state index is 14.8. The molecule has 0 fully saturated rings. The Labute approximate surface area is 649 Å². The Morgan fingerprint density at radius 2 is 0.661 bits per heavy atom. The van der Waals surface area contributed by atoms with E-state index in [1.165, 1.54) is 0 Å². The first-order valence-corrected chi connectivity index (χ1v) is 37.8. The van der Waals surface area contributed by atoms with Crippen molar-refractivity contribution >= 4 is 42.8 Å². The Kier molecular flexibility index (Phi) is 25.3. The zero-order chi connectivity index (χ0) is 78.6. The van der Waals surface area contributed by atoms with Crippen LogP contribution < -0.4 is 18.9 Å². The minimum atomic E-state index is -2.00. The predicted molar refractivity (Wildman–Crippen MR) is 456 cm³/mol. The van der Waals surface area contributed by atoms with Crippen molar-refractivity contribution in [1.29, 1.82) is 0 Å². The molecule has 0 aliphatic carbocycles. The number of aryl methyl sites for hydroxylation is 1. The molecule has 9 heteroatoms. The molecule has 0 bridgehead atoms. The second kappa shape index (κ2) is 34.2. The van der Waals surface area contributed by atoms with Gasteiger partial charge < -0.3 is 34.3 Å². The SMILES string of the molecule is C=Cc1ccc(COc2ccc(C(C)(C)C)cc2C(O)(c2cc(C(C)(C)C)ccc2OCc2ccc(C=C)cc2)[C@@H](C)N=Cc2cc(C)c(C=CCc3ccccc3)c(C=N[C@H](C)C(O)(c3cc(C(C)(C)C)ccc3OCc3ccc(C=C)cc3)c3cc(C(C)(C)C)ccc3OCc3ccc(C=C)cc3)c2O)cc1. The number of aliphatic imine (C=N–C) groups is 2. The van der Waals surface area contributed by atoms with E-state index in [9.17, 15) is 15.3 Å². The number of phenolic OH excluding ortho intramolecular Hbond substituents is 1. The molecule has 10 aromatic carbocycles. The fourth-order valence-electron chi connectivity index (χ4n) is 13.4. The number of rotatable bonds is 29. The molecule has 562 valence electrons. The first-order valence-electron chi connectivity index (χ1n) is 37.8. The average molecular weight is 1450 g/mol. The van der Waals surface area contributed by atoms with Crippen molar-refractivity contribution in [2.45, 2.75) is 182 Å². The van der Waals surface area contributed by atoms with Crippen molar-refractivity contribution in [3.63, 3.8) is 0 Å². The topological polar surface area (TPSA) is 122 Å². The number of aromatic hydroxyl groups is 1. The van der Waals surface area contributed by atoms with Gasteiger partial charge in [-0.15, -0.1) is 0 Å². The van der Waals surface area contributed by atoms with Crippen LogP contribution in [-0.4, -0.2) is 39.8 Å². The smallest absolute Gasteiger partial charge is 0.144 e. The van der Waals surface area contributed by atoms with E-state index in [0.717, 1.165) is 77.9 Å². The molecule has 10 rings (SSSR count). The number of hydrogen-bond acceptors (Lipinski definition) is 9. The summed E-state index contributed by atoms with van der Waals surface area (Å²) in [5.74, 6) is 1.71. The van der Waals surface area contributed by atoms with Gasteiger partial charge in [-0.25, -0.2) is 0 Å².